The van der Waals surface area contributed by atoms with Gasteiger partial charge in [-0.15, -0.1) is 23.1 Å². The van der Waals surface area contributed by atoms with Gasteiger partial charge < -0.3 is 22.7 Å². The minimum absolute atomic E-state index is 0. The Bertz CT molecular complexity index is 1190. The lowest BCUT2D eigenvalue weighted by Crippen LogP contribution is -3.00. The van der Waals surface area contributed by atoms with E-state index < -0.39 is 0 Å². The second-order valence-corrected chi connectivity index (χ2v) is 10.1. The number of pyridine rings is 1. The molecule has 3 nitrogen and oxygen atoms in total. The summed E-state index contributed by atoms with van der Waals surface area (Å²) >= 11 is 6.65. The maximum Gasteiger partial charge on any atom is 0.259 e. The van der Waals surface area contributed by atoms with Crippen LogP contribution in [0.15, 0.2) is 87.8 Å². The van der Waals surface area contributed by atoms with E-state index >= 15 is 0 Å². The highest BCUT2D eigenvalue weighted by molar-refractivity contribution is 9.10. The summed E-state index contributed by atoms with van der Waals surface area (Å²) in [6.45, 7) is 2.05. The second-order valence-electron chi connectivity index (χ2n) is 6.88. The lowest BCUT2D eigenvalue weighted by molar-refractivity contribution is -0.597. The number of nitrogens with zero attached hydrogens (tertiary/aromatic N) is 1. The molecule has 31 heavy (non-hydrogen) atoms. The number of benzene rings is 2. The Labute approximate surface area is 209 Å². The van der Waals surface area contributed by atoms with Crippen molar-refractivity contribution in [3.63, 3.8) is 0 Å². The summed E-state index contributed by atoms with van der Waals surface area (Å²) < 4.78 is 4.11. The van der Waals surface area contributed by atoms with Crippen LogP contribution in [0.4, 0.5) is 5.69 Å². The Morgan fingerprint density at radius 2 is 1.77 bits per heavy atom. The van der Waals surface area contributed by atoms with Crippen LogP contribution in [0.3, 0.4) is 0 Å². The number of aryl methyl sites for hydroxylation is 1. The smallest absolute Gasteiger partial charge is 0.259 e. The van der Waals surface area contributed by atoms with Crippen molar-refractivity contribution < 1.29 is 26.3 Å². The average Bonchev–Trinajstić information content (AvgIpc) is 3.09. The number of aromatic nitrogens is 1. The summed E-state index contributed by atoms with van der Waals surface area (Å²) in [5.74, 6) is 0.758. The summed E-state index contributed by atoms with van der Waals surface area (Å²) in [6.07, 6.45) is 4.02. The fraction of sp³-hybridized carbons (Fsp3) is 0.0833. The number of thioether (sulfide) groups is 1. The second kappa shape index (κ2) is 10.6. The first-order valence-electron chi connectivity index (χ1n) is 9.40. The number of hydrogen-bond acceptors (Lipinski definition) is 4. The maximum atomic E-state index is 13.1. The predicted molar refractivity (Wildman–Crippen MR) is 129 cm³/mol. The Hall–Kier alpha value is -1.93. The number of nitrogen functional groups attached to an aromatic ring is 1. The number of rotatable bonds is 6. The number of ketones is 1. The highest BCUT2D eigenvalue weighted by Crippen LogP contribution is 2.40. The van der Waals surface area contributed by atoms with Gasteiger partial charge in [-0.2, -0.15) is 4.57 Å². The van der Waals surface area contributed by atoms with Gasteiger partial charge in [0.05, 0.1) is 0 Å². The molecule has 2 N–H and O–H groups in total. The van der Waals surface area contributed by atoms with Crippen LogP contribution in [0.5, 0.6) is 0 Å². The fourth-order valence-corrected chi connectivity index (χ4v) is 5.79. The summed E-state index contributed by atoms with van der Waals surface area (Å²) in [5.41, 5.74) is 11.0. The SMILES string of the molecule is Cc1ccc[n+](-c2c(SCc3ccc(Br)cc3)sc(C(=O)c3ccccc3)c2N)c1.[Br-]. The molecule has 0 amide bonds. The molecule has 158 valence electrons. The third-order valence-electron chi connectivity index (χ3n) is 4.62. The minimum atomic E-state index is -0.0388. The van der Waals surface area contributed by atoms with Crippen molar-refractivity contribution in [3.8, 4) is 5.69 Å². The zero-order valence-corrected chi connectivity index (χ0v) is 21.5. The third kappa shape index (κ3) is 5.47. The van der Waals surface area contributed by atoms with E-state index in [1.165, 1.54) is 16.9 Å². The van der Waals surface area contributed by atoms with Crippen molar-refractivity contribution in [1.29, 1.82) is 0 Å². The Morgan fingerprint density at radius 1 is 1.06 bits per heavy atom. The van der Waals surface area contributed by atoms with E-state index in [2.05, 4.69) is 28.1 Å². The topological polar surface area (TPSA) is 47.0 Å². The molecule has 7 heteroatoms. The largest absolute Gasteiger partial charge is 1.00 e. The lowest BCUT2D eigenvalue weighted by atomic mass is 10.1. The molecule has 2 aromatic carbocycles. The third-order valence-corrected chi connectivity index (χ3v) is 7.67. The zero-order valence-electron chi connectivity index (χ0n) is 16.7. The minimum Gasteiger partial charge on any atom is -1.00 e. The molecule has 0 bridgehead atoms. The van der Waals surface area contributed by atoms with Gasteiger partial charge in [0.15, 0.2) is 12.4 Å². The van der Waals surface area contributed by atoms with Crippen molar-refractivity contribution in [2.24, 2.45) is 0 Å². The fourth-order valence-electron chi connectivity index (χ4n) is 3.11. The summed E-state index contributed by atoms with van der Waals surface area (Å²) in [7, 11) is 0. The first-order chi connectivity index (χ1) is 14.5. The van der Waals surface area contributed by atoms with Crippen LogP contribution in [-0.2, 0) is 5.75 Å². The summed E-state index contributed by atoms with van der Waals surface area (Å²) in [5, 5.41) is 0. The van der Waals surface area contributed by atoms with Crippen LogP contribution in [0.25, 0.3) is 5.69 Å². The van der Waals surface area contributed by atoms with Crippen molar-refractivity contribution in [1.82, 2.24) is 0 Å². The molecular formula is C24H20Br2N2OS2. The van der Waals surface area contributed by atoms with E-state index in [4.69, 9.17) is 5.73 Å². The van der Waals surface area contributed by atoms with Crippen molar-refractivity contribution in [2.45, 2.75) is 16.9 Å². The van der Waals surface area contributed by atoms with Crippen LogP contribution in [0, 0.1) is 6.92 Å². The quantitative estimate of drug-likeness (QED) is 0.218. The molecule has 0 aliphatic carbocycles. The van der Waals surface area contributed by atoms with E-state index in [-0.39, 0.29) is 22.8 Å². The molecule has 0 saturated carbocycles. The molecular weight excluding hydrogens is 556 g/mol. The Morgan fingerprint density at radius 3 is 2.45 bits per heavy atom. The normalized spacial score (nSPS) is 10.5. The van der Waals surface area contributed by atoms with Crippen LogP contribution in [0.1, 0.15) is 26.4 Å². The van der Waals surface area contributed by atoms with Crippen LogP contribution in [0.2, 0.25) is 0 Å². The predicted octanol–water partition coefficient (Wildman–Crippen LogP) is 3.21. The number of nitrogens with two attached hydrogens (primary N) is 1. The number of anilines is 1. The first-order valence-corrected chi connectivity index (χ1v) is 12.0. The molecule has 2 heterocycles. The zero-order chi connectivity index (χ0) is 21.1. The maximum absolute atomic E-state index is 13.1. The Balaban J connectivity index is 0.00000272. The summed E-state index contributed by atoms with van der Waals surface area (Å²) in [4.78, 5) is 13.7. The molecule has 4 rings (SSSR count). The monoisotopic (exact) mass is 574 g/mol. The van der Waals surface area contributed by atoms with Gasteiger partial charge in [0.2, 0.25) is 5.78 Å². The Kier molecular flexibility index (Phi) is 8.11. The van der Waals surface area contributed by atoms with Gasteiger partial charge in [-0.3, -0.25) is 4.79 Å². The first kappa shape index (κ1) is 23.7. The van der Waals surface area contributed by atoms with Crippen molar-refractivity contribution in [3.05, 3.63) is 105 Å². The standard InChI is InChI=1S/C24H19BrN2OS2.BrH/c1-16-6-5-13-27(14-16)21-20(26)23(22(28)18-7-3-2-4-8-18)30-24(21)29-15-17-9-11-19(25)12-10-17;/h2-14H,15H2,1H3,(H-,26,28);1H. The average molecular weight is 576 g/mol. The number of carbonyl (C=O) groups excluding carboxylic acids is 1. The molecule has 0 spiro atoms. The number of hydrogen-bond donors (Lipinski definition) is 1. The highest BCUT2D eigenvalue weighted by Gasteiger charge is 2.28. The van der Waals surface area contributed by atoms with Gasteiger partial charge in [-0.25, -0.2) is 0 Å². The number of thiophene rings is 1. The van der Waals surface area contributed by atoms with Crippen molar-refractivity contribution in [2.75, 3.05) is 5.73 Å². The molecule has 0 fully saturated rings. The number of halogens is 2. The van der Waals surface area contributed by atoms with Gasteiger partial charge in [0.25, 0.3) is 5.69 Å². The highest BCUT2D eigenvalue weighted by atomic mass is 79.9. The van der Waals surface area contributed by atoms with E-state index in [1.807, 2.05) is 78.5 Å². The molecule has 0 atom stereocenters. The number of carbonyl (C=O) groups is 1. The van der Waals surface area contributed by atoms with Crippen LogP contribution < -0.4 is 27.3 Å². The molecule has 0 unspecified atom stereocenters. The van der Waals surface area contributed by atoms with E-state index in [0.717, 1.165) is 25.7 Å². The molecule has 2 aromatic heterocycles. The van der Waals surface area contributed by atoms with Crippen LogP contribution >= 0.6 is 39.0 Å². The molecule has 0 aliphatic rings. The van der Waals surface area contributed by atoms with Gasteiger partial charge in [-0.1, -0.05) is 58.4 Å². The van der Waals surface area contributed by atoms with E-state index in [9.17, 15) is 4.79 Å². The molecule has 0 aliphatic heterocycles. The lowest BCUT2D eigenvalue weighted by Gasteiger charge is -2.02. The van der Waals surface area contributed by atoms with Gasteiger partial charge in [0.1, 0.15) is 14.8 Å². The van der Waals surface area contributed by atoms with Gasteiger partial charge >= 0.3 is 0 Å². The van der Waals surface area contributed by atoms with Gasteiger partial charge in [-0.05, 0) is 30.7 Å². The van der Waals surface area contributed by atoms with Crippen molar-refractivity contribution >= 4 is 50.5 Å². The van der Waals surface area contributed by atoms with E-state index in [0.29, 0.717) is 16.1 Å². The van der Waals surface area contributed by atoms with E-state index in [1.54, 1.807) is 11.8 Å². The van der Waals surface area contributed by atoms with Crippen LogP contribution in [-0.4, -0.2) is 5.78 Å². The molecule has 0 saturated heterocycles. The molecule has 4 aromatic rings. The summed E-state index contributed by atoms with van der Waals surface area (Å²) in [6, 6.07) is 21.6. The van der Waals surface area contributed by atoms with Gasteiger partial charge in [0, 0.05) is 27.4 Å². The molecule has 0 radical (unpaired) electrons.